The maximum atomic E-state index is 5.22. The minimum atomic E-state index is 0.625. The molecular weight excluding hydrogens is 669 g/mol. The molecule has 0 radical (unpaired) electrons. The number of rotatable bonds is 5. The molecule has 11 rings (SSSR count). The largest absolute Gasteiger partial charge is 0.309 e. The number of benzene rings is 9. The molecule has 11 aromatic rings. The summed E-state index contributed by atoms with van der Waals surface area (Å²) in [5.74, 6) is 1.90. The first-order chi connectivity index (χ1) is 27.2. The van der Waals surface area contributed by atoms with Gasteiger partial charge in [0.15, 0.2) is 17.5 Å². The molecule has 0 spiro atoms. The van der Waals surface area contributed by atoms with Crippen LogP contribution in [-0.2, 0) is 0 Å². The smallest absolute Gasteiger partial charge is 0.164 e. The monoisotopic (exact) mass is 700 g/mol. The van der Waals surface area contributed by atoms with E-state index in [2.05, 4.69) is 180 Å². The second kappa shape index (κ2) is 12.6. The number of aromatic nitrogens is 4. The van der Waals surface area contributed by atoms with Crippen molar-refractivity contribution >= 4 is 54.1 Å². The van der Waals surface area contributed by atoms with Gasteiger partial charge in [-0.25, -0.2) is 15.0 Å². The predicted molar refractivity (Wildman–Crippen MR) is 228 cm³/mol. The van der Waals surface area contributed by atoms with Crippen molar-refractivity contribution < 1.29 is 0 Å². The zero-order chi connectivity index (χ0) is 36.3. The first kappa shape index (κ1) is 31.1. The molecule has 4 heteroatoms. The van der Waals surface area contributed by atoms with Gasteiger partial charge in [0.1, 0.15) is 0 Å². The summed E-state index contributed by atoms with van der Waals surface area (Å²) >= 11 is 0. The molecular formula is C51H32N4. The van der Waals surface area contributed by atoms with Crippen LogP contribution in [0.3, 0.4) is 0 Å². The van der Waals surface area contributed by atoms with E-state index in [0.717, 1.165) is 49.6 Å². The highest BCUT2D eigenvalue weighted by Crippen LogP contribution is 2.41. The van der Waals surface area contributed by atoms with E-state index in [1.807, 2.05) is 18.2 Å². The van der Waals surface area contributed by atoms with E-state index in [0.29, 0.717) is 17.5 Å². The van der Waals surface area contributed by atoms with Crippen molar-refractivity contribution in [3.05, 3.63) is 194 Å². The van der Waals surface area contributed by atoms with Gasteiger partial charge in [0.2, 0.25) is 0 Å². The van der Waals surface area contributed by atoms with Gasteiger partial charge >= 0.3 is 0 Å². The van der Waals surface area contributed by atoms with E-state index in [1.165, 1.54) is 38.1 Å². The van der Waals surface area contributed by atoms with E-state index in [9.17, 15) is 0 Å². The van der Waals surface area contributed by atoms with Crippen molar-refractivity contribution in [3.63, 3.8) is 0 Å². The fourth-order valence-electron chi connectivity index (χ4n) is 8.14. The van der Waals surface area contributed by atoms with Crippen molar-refractivity contribution in [1.82, 2.24) is 19.5 Å². The summed E-state index contributed by atoms with van der Waals surface area (Å²) < 4.78 is 2.44. The van der Waals surface area contributed by atoms with Gasteiger partial charge in [-0.05, 0) is 68.4 Å². The summed E-state index contributed by atoms with van der Waals surface area (Å²) in [6.45, 7) is 0. The van der Waals surface area contributed by atoms with Crippen molar-refractivity contribution in [1.29, 1.82) is 0 Å². The summed E-state index contributed by atoms with van der Waals surface area (Å²) in [6, 6.07) is 68.8. The van der Waals surface area contributed by atoms with Crippen LogP contribution in [0, 0.1) is 0 Å². The third-order valence-corrected chi connectivity index (χ3v) is 10.8. The molecule has 9 aromatic carbocycles. The van der Waals surface area contributed by atoms with Gasteiger partial charge in [-0.15, -0.1) is 0 Å². The fourth-order valence-corrected chi connectivity index (χ4v) is 8.14. The first-order valence-corrected chi connectivity index (χ1v) is 18.6. The van der Waals surface area contributed by atoms with Crippen LogP contribution in [0.1, 0.15) is 0 Å². The molecule has 2 heterocycles. The van der Waals surface area contributed by atoms with Crippen LogP contribution in [0.5, 0.6) is 0 Å². The molecule has 0 N–H and O–H groups in total. The third kappa shape index (κ3) is 5.26. The van der Waals surface area contributed by atoms with Gasteiger partial charge in [0, 0.05) is 32.8 Å². The Bertz CT molecular complexity index is 3260. The van der Waals surface area contributed by atoms with E-state index in [4.69, 9.17) is 15.0 Å². The molecule has 0 saturated heterocycles. The number of hydrogen-bond acceptors (Lipinski definition) is 3. The highest BCUT2D eigenvalue weighted by atomic mass is 15.0. The van der Waals surface area contributed by atoms with Gasteiger partial charge in [-0.1, -0.05) is 164 Å². The molecule has 55 heavy (non-hydrogen) atoms. The second-order valence-electron chi connectivity index (χ2n) is 14.1. The van der Waals surface area contributed by atoms with Gasteiger partial charge in [-0.2, -0.15) is 0 Å². The lowest BCUT2D eigenvalue weighted by Gasteiger charge is -2.15. The molecule has 0 aliphatic carbocycles. The molecule has 0 amide bonds. The van der Waals surface area contributed by atoms with E-state index in [-0.39, 0.29) is 0 Å². The topological polar surface area (TPSA) is 43.6 Å². The average Bonchev–Trinajstić information content (AvgIpc) is 3.60. The summed E-state index contributed by atoms with van der Waals surface area (Å²) in [6.07, 6.45) is 0. The predicted octanol–water partition coefficient (Wildman–Crippen LogP) is 13.1. The Morgan fingerprint density at radius 1 is 0.291 bits per heavy atom. The summed E-state index contributed by atoms with van der Waals surface area (Å²) in [5.41, 5.74) is 8.54. The Morgan fingerprint density at radius 2 is 0.855 bits per heavy atom. The number of fused-ring (bicyclic) bond motifs is 7. The Balaban J connectivity index is 1.21. The summed E-state index contributed by atoms with van der Waals surface area (Å²) in [4.78, 5) is 15.5. The van der Waals surface area contributed by atoms with Crippen molar-refractivity contribution in [2.45, 2.75) is 0 Å². The Morgan fingerprint density at radius 3 is 1.64 bits per heavy atom. The molecule has 0 saturated carbocycles. The lowest BCUT2D eigenvalue weighted by atomic mass is 10.0. The van der Waals surface area contributed by atoms with Crippen LogP contribution >= 0.6 is 0 Å². The lowest BCUT2D eigenvalue weighted by molar-refractivity contribution is 1.07. The average molecular weight is 701 g/mol. The molecule has 0 atom stereocenters. The van der Waals surface area contributed by atoms with E-state index < -0.39 is 0 Å². The summed E-state index contributed by atoms with van der Waals surface area (Å²) in [5, 5.41) is 9.50. The van der Waals surface area contributed by atoms with Crippen molar-refractivity contribution in [3.8, 4) is 51.0 Å². The SMILES string of the molecule is c1ccc(-c2ccc3c4c5ccccc5ccc4n(-c4cc(-c5nc(-c6ccccc6)nc(-c6ccc7ccccc7c6)n5)cc5ccccc45)c3c2)cc1. The zero-order valence-corrected chi connectivity index (χ0v) is 29.8. The molecule has 256 valence electrons. The van der Waals surface area contributed by atoms with Crippen LogP contribution in [0.25, 0.3) is 105 Å². The summed E-state index contributed by atoms with van der Waals surface area (Å²) in [7, 11) is 0. The molecule has 2 aromatic heterocycles. The molecule has 0 aliphatic heterocycles. The third-order valence-electron chi connectivity index (χ3n) is 10.8. The van der Waals surface area contributed by atoms with Gasteiger partial charge in [-0.3, -0.25) is 0 Å². The highest BCUT2D eigenvalue weighted by molar-refractivity contribution is 6.22. The van der Waals surface area contributed by atoms with Gasteiger partial charge in [0.05, 0.1) is 16.7 Å². The Kier molecular flexibility index (Phi) is 7.14. The second-order valence-corrected chi connectivity index (χ2v) is 14.1. The van der Waals surface area contributed by atoms with Gasteiger partial charge in [0.25, 0.3) is 0 Å². The minimum Gasteiger partial charge on any atom is -0.309 e. The minimum absolute atomic E-state index is 0.625. The zero-order valence-electron chi connectivity index (χ0n) is 29.8. The fraction of sp³-hybridized carbons (Fsp3) is 0. The Hall–Kier alpha value is -7.43. The molecule has 0 aliphatic rings. The van der Waals surface area contributed by atoms with Crippen molar-refractivity contribution in [2.24, 2.45) is 0 Å². The normalized spacial score (nSPS) is 11.6. The van der Waals surface area contributed by atoms with Crippen LogP contribution < -0.4 is 0 Å². The number of hydrogen-bond donors (Lipinski definition) is 0. The molecule has 0 unspecified atom stereocenters. The standard InChI is InChI=1S/C51H32N4/c1-3-13-33(14-4-1)38-25-27-44-47(31-38)55(45-28-26-35-16-9-12-22-43(35)48(44)45)46-32-41(30-39-20-10-11-21-42(39)46)51-53-49(36-17-5-2-6-18-36)52-50(54-51)40-24-23-34-15-7-8-19-37(34)29-40/h1-32H. The maximum Gasteiger partial charge on any atom is 0.164 e. The van der Waals surface area contributed by atoms with Crippen LogP contribution in [0.2, 0.25) is 0 Å². The lowest BCUT2D eigenvalue weighted by Crippen LogP contribution is -2.02. The Labute approximate surface area is 317 Å². The molecule has 4 nitrogen and oxygen atoms in total. The molecule has 0 fully saturated rings. The van der Waals surface area contributed by atoms with Crippen LogP contribution in [0.15, 0.2) is 194 Å². The maximum absolute atomic E-state index is 5.22. The van der Waals surface area contributed by atoms with Crippen LogP contribution in [-0.4, -0.2) is 19.5 Å². The quantitative estimate of drug-likeness (QED) is 0.179. The van der Waals surface area contributed by atoms with Crippen LogP contribution in [0.4, 0.5) is 0 Å². The van der Waals surface area contributed by atoms with E-state index >= 15 is 0 Å². The highest BCUT2D eigenvalue weighted by Gasteiger charge is 2.20. The molecule has 0 bridgehead atoms. The van der Waals surface area contributed by atoms with E-state index in [1.54, 1.807) is 0 Å². The van der Waals surface area contributed by atoms with Gasteiger partial charge < -0.3 is 4.57 Å². The van der Waals surface area contributed by atoms with Crippen molar-refractivity contribution in [2.75, 3.05) is 0 Å². The first-order valence-electron chi connectivity index (χ1n) is 18.6. The number of nitrogens with zero attached hydrogens (tertiary/aromatic N) is 4.